The number of ether oxygens (including phenoxy) is 1. The van der Waals surface area contributed by atoms with Crippen LogP contribution >= 0.6 is 0 Å². The Balaban J connectivity index is 1.43. The van der Waals surface area contributed by atoms with Crippen molar-refractivity contribution < 1.29 is 9.53 Å². The topological polar surface area (TPSA) is 84.3 Å². The molecule has 0 spiro atoms. The number of nitrogens with zero attached hydrogens (tertiary/aromatic N) is 6. The van der Waals surface area contributed by atoms with Crippen LogP contribution in [0.3, 0.4) is 0 Å². The second kappa shape index (κ2) is 9.47. The van der Waals surface area contributed by atoms with Gasteiger partial charge in [-0.05, 0) is 32.1 Å². The SMILES string of the molecule is CN(C)c1cc(C2CCN(C(=O)C[C@H]3CCCCO3)CC2)nc(-c2cnccn2)n1. The van der Waals surface area contributed by atoms with Crippen molar-refractivity contribution in [2.75, 3.05) is 38.7 Å². The summed E-state index contributed by atoms with van der Waals surface area (Å²) in [6.45, 7) is 2.31. The van der Waals surface area contributed by atoms with Crippen molar-refractivity contribution >= 4 is 11.7 Å². The summed E-state index contributed by atoms with van der Waals surface area (Å²) in [6.07, 6.45) is 10.7. The number of rotatable bonds is 5. The normalized spacial score (nSPS) is 20.2. The number of hydrogen-bond donors (Lipinski definition) is 0. The minimum absolute atomic E-state index is 0.100. The van der Waals surface area contributed by atoms with Crippen molar-refractivity contribution in [1.82, 2.24) is 24.8 Å². The van der Waals surface area contributed by atoms with Crippen LogP contribution in [0.1, 0.15) is 50.1 Å². The molecule has 4 rings (SSSR count). The van der Waals surface area contributed by atoms with E-state index in [1.165, 1.54) is 0 Å². The predicted molar refractivity (Wildman–Crippen MR) is 114 cm³/mol. The number of carbonyl (C=O) groups excluding carboxylic acids is 1. The van der Waals surface area contributed by atoms with Crippen molar-refractivity contribution in [3.63, 3.8) is 0 Å². The fourth-order valence-electron chi connectivity index (χ4n) is 4.14. The minimum atomic E-state index is 0.100. The molecule has 1 amide bonds. The zero-order valence-electron chi connectivity index (χ0n) is 17.8. The lowest BCUT2D eigenvalue weighted by Gasteiger charge is -2.33. The molecule has 0 aromatic carbocycles. The molecular formula is C22H30N6O2. The van der Waals surface area contributed by atoms with E-state index in [4.69, 9.17) is 9.72 Å². The van der Waals surface area contributed by atoms with E-state index in [2.05, 4.69) is 21.0 Å². The fourth-order valence-corrected chi connectivity index (χ4v) is 4.14. The van der Waals surface area contributed by atoms with Gasteiger partial charge in [0, 0.05) is 63.9 Å². The predicted octanol–water partition coefficient (Wildman–Crippen LogP) is 2.66. The Bertz CT molecular complexity index is 846. The van der Waals surface area contributed by atoms with Crippen molar-refractivity contribution in [2.45, 2.75) is 50.5 Å². The van der Waals surface area contributed by atoms with E-state index in [0.717, 1.165) is 63.3 Å². The lowest BCUT2D eigenvalue weighted by Crippen LogP contribution is -2.40. The third-order valence-electron chi connectivity index (χ3n) is 5.93. The molecule has 0 saturated carbocycles. The summed E-state index contributed by atoms with van der Waals surface area (Å²) in [5.41, 5.74) is 1.68. The van der Waals surface area contributed by atoms with E-state index in [1.54, 1.807) is 18.6 Å². The average molecular weight is 411 g/mol. The highest BCUT2D eigenvalue weighted by atomic mass is 16.5. The van der Waals surface area contributed by atoms with Gasteiger partial charge in [0.05, 0.1) is 18.7 Å². The molecule has 8 nitrogen and oxygen atoms in total. The van der Waals surface area contributed by atoms with Crippen LogP contribution in [0.15, 0.2) is 24.7 Å². The zero-order chi connectivity index (χ0) is 20.9. The van der Waals surface area contributed by atoms with Gasteiger partial charge >= 0.3 is 0 Å². The Morgan fingerprint density at radius 1 is 1.17 bits per heavy atom. The third kappa shape index (κ3) is 4.92. The van der Waals surface area contributed by atoms with Crippen LogP contribution in [-0.4, -0.2) is 70.6 Å². The molecule has 2 aromatic heterocycles. The number of likely N-dealkylation sites (tertiary alicyclic amines) is 1. The van der Waals surface area contributed by atoms with Crippen molar-refractivity contribution in [3.05, 3.63) is 30.4 Å². The summed E-state index contributed by atoms with van der Waals surface area (Å²) >= 11 is 0. The Morgan fingerprint density at radius 2 is 2.00 bits per heavy atom. The molecule has 2 aliphatic rings. The summed E-state index contributed by atoms with van der Waals surface area (Å²) in [5.74, 6) is 1.97. The highest BCUT2D eigenvalue weighted by Gasteiger charge is 2.28. The highest BCUT2D eigenvalue weighted by molar-refractivity contribution is 5.76. The number of anilines is 1. The monoisotopic (exact) mass is 410 g/mol. The standard InChI is InChI=1S/C22H30N6O2/c1-27(2)20-14-18(25-22(26-20)19-15-23-8-9-24-19)16-6-10-28(11-7-16)21(29)13-17-5-3-4-12-30-17/h8-9,14-17H,3-7,10-13H2,1-2H3/t17-/m1/s1. The van der Waals surface area contributed by atoms with Crippen LogP contribution in [0.4, 0.5) is 5.82 Å². The second-order valence-corrected chi connectivity index (χ2v) is 8.31. The Morgan fingerprint density at radius 3 is 2.67 bits per heavy atom. The van der Waals surface area contributed by atoms with E-state index in [0.29, 0.717) is 23.9 Å². The molecule has 4 heterocycles. The van der Waals surface area contributed by atoms with Gasteiger partial charge in [-0.15, -0.1) is 0 Å². The highest BCUT2D eigenvalue weighted by Crippen LogP contribution is 2.30. The molecule has 0 aliphatic carbocycles. The summed E-state index contributed by atoms with van der Waals surface area (Å²) < 4.78 is 5.74. The fraction of sp³-hybridized carbons (Fsp3) is 0.591. The third-order valence-corrected chi connectivity index (χ3v) is 5.93. The first-order valence-corrected chi connectivity index (χ1v) is 10.8. The number of piperidine rings is 1. The van der Waals surface area contributed by atoms with Crippen molar-refractivity contribution in [2.24, 2.45) is 0 Å². The van der Waals surface area contributed by atoms with Crippen LogP contribution in [0.25, 0.3) is 11.5 Å². The maximum atomic E-state index is 12.7. The molecule has 0 radical (unpaired) electrons. The Labute approximate surface area is 177 Å². The molecule has 160 valence electrons. The molecule has 0 N–H and O–H groups in total. The molecule has 0 unspecified atom stereocenters. The zero-order valence-corrected chi connectivity index (χ0v) is 17.8. The first-order valence-electron chi connectivity index (χ1n) is 10.8. The average Bonchev–Trinajstić information content (AvgIpc) is 2.80. The second-order valence-electron chi connectivity index (χ2n) is 8.31. The van der Waals surface area contributed by atoms with E-state index in [-0.39, 0.29) is 12.0 Å². The quantitative estimate of drug-likeness (QED) is 0.749. The van der Waals surface area contributed by atoms with Gasteiger partial charge < -0.3 is 14.5 Å². The van der Waals surface area contributed by atoms with Gasteiger partial charge in [-0.1, -0.05) is 0 Å². The van der Waals surface area contributed by atoms with Crippen LogP contribution < -0.4 is 4.90 Å². The number of hydrogen-bond acceptors (Lipinski definition) is 7. The lowest BCUT2D eigenvalue weighted by molar-refractivity contribution is -0.136. The summed E-state index contributed by atoms with van der Waals surface area (Å²) in [6, 6.07) is 2.05. The molecular weight excluding hydrogens is 380 g/mol. The molecule has 2 fully saturated rings. The van der Waals surface area contributed by atoms with Gasteiger partial charge in [0.1, 0.15) is 11.5 Å². The molecule has 2 aliphatic heterocycles. The van der Waals surface area contributed by atoms with E-state index < -0.39 is 0 Å². The first kappa shape index (κ1) is 20.7. The van der Waals surface area contributed by atoms with Crippen LogP contribution in [0, 0.1) is 0 Å². The largest absolute Gasteiger partial charge is 0.378 e. The molecule has 2 saturated heterocycles. The van der Waals surface area contributed by atoms with Gasteiger partial charge in [0.15, 0.2) is 5.82 Å². The molecule has 2 aromatic rings. The lowest BCUT2D eigenvalue weighted by atomic mass is 9.92. The van der Waals surface area contributed by atoms with E-state index in [9.17, 15) is 4.79 Å². The van der Waals surface area contributed by atoms with Gasteiger partial charge in [0.2, 0.25) is 5.91 Å². The van der Waals surface area contributed by atoms with Gasteiger partial charge in [-0.25, -0.2) is 15.0 Å². The molecule has 0 bridgehead atoms. The van der Waals surface area contributed by atoms with Crippen LogP contribution in [0.2, 0.25) is 0 Å². The summed E-state index contributed by atoms with van der Waals surface area (Å²) in [5, 5.41) is 0. The van der Waals surface area contributed by atoms with Gasteiger partial charge in [0.25, 0.3) is 0 Å². The van der Waals surface area contributed by atoms with Gasteiger partial charge in [-0.3, -0.25) is 9.78 Å². The van der Waals surface area contributed by atoms with E-state index >= 15 is 0 Å². The number of aromatic nitrogens is 4. The smallest absolute Gasteiger partial charge is 0.225 e. The Kier molecular flexibility index (Phi) is 6.52. The van der Waals surface area contributed by atoms with E-state index in [1.807, 2.05) is 23.9 Å². The van der Waals surface area contributed by atoms with Gasteiger partial charge in [-0.2, -0.15) is 0 Å². The molecule has 30 heavy (non-hydrogen) atoms. The van der Waals surface area contributed by atoms with Crippen molar-refractivity contribution in [3.8, 4) is 11.5 Å². The number of amides is 1. The molecule has 1 atom stereocenters. The van der Waals surface area contributed by atoms with Crippen LogP contribution in [0.5, 0.6) is 0 Å². The van der Waals surface area contributed by atoms with Crippen LogP contribution in [-0.2, 0) is 9.53 Å². The minimum Gasteiger partial charge on any atom is -0.378 e. The first-order chi connectivity index (χ1) is 14.6. The summed E-state index contributed by atoms with van der Waals surface area (Å²) in [7, 11) is 3.95. The maximum Gasteiger partial charge on any atom is 0.225 e. The summed E-state index contributed by atoms with van der Waals surface area (Å²) in [4.78, 5) is 34.6. The molecule has 8 heteroatoms. The number of carbonyl (C=O) groups is 1. The Hall–Kier alpha value is -2.61. The van der Waals surface area contributed by atoms with Crippen molar-refractivity contribution in [1.29, 1.82) is 0 Å². The maximum absolute atomic E-state index is 12.7.